The zero-order valence-electron chi connectivity index (χ0n) is 9.52. The second-order valence-electron chi connectivity index (χ2n) is 4.10. The maximum Gasteiger partial charge on any atom is 0.330 e. The molecule has 17 heavy (non-hydrogen) atoms. The Kier molecular flexibility index (Phi) is 3.88. The van der Waals surface area contributed by atoms with Gasteiger partial charge in [0.05, 0.1) is 6.42 Å². The molecule has 1 fully saturated rings. The summed E-state index contributed by atoms with van der Waals surface area (Å²) in [6.07, 6.45) is 1.84. The maximum atomic E-state index is 11.5. The van der Waals surface area contributed by atoms with E-state index in [1.807, 2.05) is 30.3 Å². The summed E-state index contributed by atoms with van der Waals surface area (Å²) in [5.74, 6) is -0.946. The molecule has 1 aromatic carbocycles. The van der Waals surface area contributed by atoms with Gasteiger partial charge in [-0.05, 0) is 24.9 Å². The van der Waals surface area contributed by atoms with Crippen molar-refractivity contribution in [2.45, 2.75) is 25.3 Å². The van der Waals surface area contributed by atoms with Crippen molar-refractivity contribution >= 4 is 11.9 Å². The molecule has 0 saturated carbocycles. The lowest BCUT2D eigenvalue weighted by Crippen LogP contribution is -2.34. The minimum Gasteiger partial charge on any atom is -0.392 e. The monoisotopic (exact) mass is 233 g/mol. The van der Waals surface area contributed by atoms with Gasteiger partial charge in [0.15, 0.2) is 0 Å². The second-order valence-corrected chi connectivity index (χ2v) is 4.10. The Balaban J connectivity index is 1.83. The fourth-order valence-corrected chi connectivity index (χ4v) is 1.87. The topological polar surface area (TPSA) is 55.4 Å². The molecule has 0 aromatic heterocycles. The van der Waals surface area contributed by atoms with Crippen LogP contribution in [0.3, 0.4) is 0 Å². The summed E-state index contributed by atoms with van der Waals surface area (Å²) in [7, 11) is 0. The summed E-state index contributed by atoms with van der Waals surface area (Å²) < 4.78 is 4.80. The predicted molar refractivity (Wildman–Crippen MR) is 62.3 cm³/mol. The van der Waals surface area contributed by atoms with Gasteiger partial charge in [-0.3, -0.25) is 4.79 Å². The minimum atomic E-state index is -0.491. The van der Waals surface area contributed by atoms with Gasteiger partial charge in [0.1, 0.15) is 6.04 Å². The highest BCUT2D eigenvalue weighted by Gasteiger charge is 2.25. The fraction of sp³-hybridized carbons (Fsp3) is 0.385. The molecule has 0 radical (unpaired) electrons. The first kappa shape index (κ1) is 11.8. The van der Waals surface area contributed by atoms with Crippen LogP contribution >= 0.6 is 0 Å². The molecule has 2 rings (SSSR count). The van der Waals surface area contributed by atoms with Crippen LogP contribution in [0.1, 0.15) is 18.4 Å². The van der Waals surface area contributed by atoms with Gasteiger partial charge in [-0.15, -0.1) is 0 Å². The number of rotatable bonds is 3. The van der Waals surface area contributed by atoms with Gasteiger partial charge in [0.2, 0.25) is 0 Å². The van der Waals surface area contributed by atoms with Crippen molar-refractivity contribution in [3.8, 4) is 0 Å². The SMILES string of the molecule is O=C(Cc1ccccc1)OC(=O)C1CCCN1. The molecule has 0 aliphatic carbocycles. The van der Waals surface area contributed by atoms with Crippen molar-refractivity contribution in [1.29, 1.82) is 0 Å². The molecule has 1 aliphatic heterocycles. The summed E-state index contributed by atoms with van der Waals surface area (Å²) in [6.45, 7) is 0.812. The number of nitrogens with one attached hydrogen (secondary N) is 1. The summed E-state index contributed by atoms with van der Waals surface area (Å²) in [5.41, 5.74) is 0.852. The molecule has 0 spiro atoms. The molecule has 1 unspecified atom stereocenters. The molecule has 4 heteroatoms. The van der Waals surface area contributed by atoms with E-state index >= 15 is 0 Å². The van der Waals surface area contributed by atoms with Crippen molar-refractivity contribution in [2.24, 2.45) is 0 Å². The molecule has 1 aromatic rings. The van der Waals surface area contributed by atoms with E-state index in [0.29, 0.717) is 0 Å². The third kappa shape index (κ3) is 3.39. The molecule has 4 nitrogen and oxygen atoms in total. The Morgan fingerprint density at radius 1 is 1.29 bits per heavy atom. The third-order valence-electron chi connectivity index (χ3n) is 2.75. The number of benzene rings is 1. The van der Waals surface area contributed by atoms with Crippen LogP contribution in [0, 0.1) is 0 Å². The Morgan fingerprint density at radius 3 is 2.71 bits per heavy atom. The smallest absolute Gasteiger partial charge is 0.330 e. The molecule has 90 valence electrons. The van der Waals surface area contributed by atoms with E-state index in [1.54, 1.807) is 0 Å². The van der Waals surface area contributed by atoms with Crippen LogP contribution in [0.15, 0.2) is 30.3 Å². The van der Waals surface area contributed by atoms with E-state index in [9.17, 15) is 9.59 Å². The summed E-state index contributed by atoms with van der Waals surface area (Å²) in [6, 6.07) is 8.93. The van der Waals surface area contributed by atoms with Gasteiger partial charge >= 0.3 is 11.9 Å². The zero-order chi connectivity index (χ0) is 12.1. The predicted octanol–water partition coefficient (Wildman–Crippen LogP) is 1.05. The number of carbonyl (C=O) groups excluding carboxylic acids is 2. The summed E-state index contributed by atoms with van der Waals surface area (Å²) in [5, 5.41) is 3.00. The zero-order valence-corrected chi connectivity index (χ0v) is 9.52. The lowest BCUT2D eigenvalue weighted by Gasteiger charge is -2.08. The lowest BCUT2D eigenvalue weighted by atomic mass is 10.1. The summed E-state index contributed by atoms with van der Waals surface area (Å²) >= 11 is 0. The first-order chi connectivity index (χ1) is 8.25. The van der Waals surface area contributed by atoms with Crippen LogP contribution in [-0.2, 0) is 20.7 Å². The van der Waals surface area contributed by atoms with E-state index in [-0.39, 0.29) is 12.5 Å². The van der Waals surface area contributed by atoms with E-state index < -0.39 is 11.9 Å². The first-order valence-electron chi connectivity index (χ1n) is 5.77. The van der Waals surface area contributed by atoms with E-state index in [2.05, 4.69) is 5.32 Å². The molecule has 1 aliphatic rings. The standard InChI is InChI=1S/C13H15NO3/c15-12(9-10-5-2-1-3-6-10)17-13(16)11-7-4-8-14-11/h1-3,5-6,11,14H,4,7-9H2. The van der Waals surface area contributed by atoms with E-state index in [4.69, 9.17) is 4.74 Å². The number of hydrogen-bond acceptors (Lipinski definition) is 4. The molecule has 1 atom stereocenters. The third-order valence-corrected chi connectivity index (χ3v) is 2.75. The number of esters is 2. The highest BCUT2D eigenvalue weighted by Crippen LogP contribution is 2.08. The Morgan fingerprint density at radius 2 is 2.06 bits per heavy atom. The van der Waals surface area contributed by atoms with E-state index in [1.165, 1.54) is 0 Å². The Bertz CT molecular complexity index is 396. The molecule has 1 saturated heterocycles. The molecule has 0 amide bonds. The number of carbonyl (C=O) groups is 2. The van der Waals surface area contributed by atoms with Crippen molar-refractivity contribution < 1.29 is 14.3 Å². The van der Waals surface area contributed by atoms with Crippen LogP contribution in [-0.4, -0.2) is 24.5 Å². The Labute approximate surface area is 100.0 Å². The van der Waals surface area contributed by atoms with Gasteiger partial charge < -0.3 is 10.1 Å². The molecule has 0 bridgehead atoms. The fourth-order valence-electron chi connectivity index (χ4n) is 1.87. The normalized spacial score (nSPS) is 18.9. The highest BCUT2D eigenvalue weighted by atomic mass is 16.6. The quantitative estimate of drug-likeness (QED) is 0.626. The first-order valence-corrected chi connectivity index (χ1v) is 5.77. The van der Waals surface area contributed by atoms with Gasteiger partial charge in [-0.2, -0.15) is 0 Å². The average molecular weight is 233 g/mol. The molecule has 1 N–H and O–H groups in total. The Hall–Kier alpha value is -1.68. The lowest BCUT2D eigenvalue weighted by molar-refractivity contribution is -0.160. The van der Waals surface area contributed by atoms with Crippen LogP contribution in [0.2, 0.25) is 0 Å². The van der Waals surface area contributed by atoms with Crippen LogP contribution in [0.4, 0.5) is 0 Å². The molecule has 1 heterocycles. The minimum absolute atomic E-state index is 0.138. The van der Waals surface area contributed by atoms with Crippen molar-refractivity contribution in [2.75, 3.05) is 6.54 Å². The van der Waals surface area contributed by atoms with Crippen molar-refractivity contribution in [1.82, 2.24) is 5.32 Å². The number of ether oxygens (including phenoxy) is 1. The molecular formula is C13H15NO3. The summed E-state index contributed by atoms with van der Waals surface area (Å²) in [4.78, 5) is 23.0. The second kappa shape index (κ2) is 5.59. The van der Waals surface area contributed by atoms with Crippen molar-refractivity contribution in [3.05, 3.63) is 35.9 Å². The largest absolute Gasteiger partial charge is 0.392 e. The molecular weight excluding hydrogens is 218 g/mol. The maximum absolute atomic E-state index is 11.5. The van der Waals surface area contributed by atoms with Gasteiger partial charge in [0.25, 0.3) is 0 Å². The van der Waals surface area contributed by atoms with Crippen LogP contribution in [0.5, 0.6) is 0 Å². The van der Waals surface area contributed by atoms with Gasteiger partial charge in [-0.1, -0.05) is 30.3 Å². The highest BCUT2D eigenvalue weighted by molar-refractivity contribution is 5.89. The van der Waals surface area contributed by atoms with Crippen LogP contribution in [0.25, 0.3) is 0 Å². The van der Waals surface area contributed by atoms with Gasteiger partial charge in [-0.25, -0.2) is 4.79 Å². The van der Waals surface area contributed by atoms with Crippen molar-refractivity contribution in [3.63, 3.8) is 0 Å². The van der Waals surface area contributed by atoms with Crippen LogP contribution < -0.4 is 5.32 Å². The van der Waals surface area contributed by atoms with Gasteiger partial charge in [0, 0.05) is 0 Å². The number of hydrogen-bond donors (Lipinski definition) is 1. The van der Waals surface area contributed by atoms with E-state index in [0.717, 1.165) is 24.9 Å². The average Bonchev–Trinajstić information content (AvgIpc) is 2.83.